The van der Waals surface area contributed by atoms with Gasteiger partial charge in [-0.05, 0) is 30.5 Å². The summed E-state index contributed by atoms with van der Waals surface area (Å²) in [6, 6.07) is 7.68. The number of aromatic nitrogens is 3. The third-order valence-electron chi connectivity index (χ3n) is 3.74. The summed E-state index contributed by atoms with van der Waals surface area (Å²) in [7, 11) is 0. The molecule has 4 rings (SSSR count). The van der Waals surface area contributed by atoms with Gasteiger partial charge in [-0.2, -0.15) is 0 Å². The number of phenolic OH excluding ortho intramolecular Hbond substituents is 1. The third-order valence-corrected chi connectivity index (χ3v) is 3.74. The molecule has 0 spiro atoms. The van der Waals surface area contributed by atoms with Crippen molar-refractivity contribution in [1.29, 1.82) is 0 Å². The number of hydrogen-bond acceptors (Lipinski definition) is 4. The second kappa shape index (κ2) is 3.96. The maximum atomic E-state index is 9.67. The van der Waals surface area contributed by atoms with Crippen LogP contribution in [0.15, 0.2) is 36.8 Å². The Bertz CT molecular complexity index is 805. The fourth-order valence-electron chi connectivity index (χ4n) is 2.63. The molecule has 2 aromatic heterocycles. The zero-order valence-electron chi connectivity index (χ0n) is 10.8. The highest BCUT2D eigenvalue weighted by molar-refractivity contribution is 6.00. The number of anilines is 1. The Balaban J connectivity index is 2.03. The number of nitrogens with two attached hydrogens (primary N) is 1. The Kier molecular flexibility index (Phi) is 2.24. The molecule has 0 amide bonds. The van der Waals surface area contributed by atoms with Gasteiger partial charge in [0.1, 0.15) is 23.5 Å². The number of aromatic hydroxyl groups is 1. The van der Waals surface area contributed by atoms with Crippen molar-refractivity contribution in [1.82, 2.24) is 14.5 Å². The van der Waals surface area contributed by atoms with E-state index in [2.05, 4.69) is 20.7 Å². The first kappa shape index (κ1) is 11.3. The Labute approximate surface area is 115 Å². The summed E-state index contributed by atoms with van der Waals surface area (Å²) in [4.78, 5) is 8.48. The van der Waals surface area contributed by atoms with Gasteiger partial charge in [-0.1, -0.05) is 12.1 Å². The van der Waals surface area contributed by atoms with Crippen LogP contribution in [0.1, 0.15) is 18.9 Å². The molecule has 20 heavy (non-hydrogen) atoms. The minimum Gasteiger partial charge on any atom is -0.508 e. The minimum absolute atomic E-state index is 0.241. The van der Waals surface area contributed by atoms with Crippen LogP contribution >= 0.6 is 0 Å². The van der Waals surface area contributed by atoms with E-state index in [0.717, 1.165) is 22.2 Å². The largest absolute Gasteiger partial charge is 0.508 e. The maximum absolute atomic E-state index is 9.67. The number of hydrogen-bond donors (Lipinski definition) is 2. The predicted molar refractivity (Wildman–Crippen MR) is 77.3 cm³/mol. The van der Waals surface area contributed by atoms with E-state index in [-0.39, 0.29) is 5.75 Å². The highest BCUT2D eigenvalue weighted by Crippen LogP contribution is 2.42. The Morgan fingerprint density at radius 3 is 2.85 bits per heavy atom. The number of rotatable bonds is 2. The van der Waals surface area contributed by atoms with Crippen molar-refractivity contribution >= 4 is 16.9 Å². The molecule has 0 radical (unpaired) electrons. The maximum Gasteiger partial charge on any atom is 0.146 e. The monoisotopic (exact) mass is 266 g/mol. The number of nitrogens with zero attached hydrogens (tertiary/aromatic N) is 3. The molecule has 0 unspecified atom stereocenters. The molecule has 0 bridgehead atoms. The Hall–Kier alpha value is -2.56. The van der Waals surface area contributed by atoms with Crippen molar-refractivity contribution in [2.24, 2.45) is 0 Å². The van der Waals surface area contributed by atoms with Gasteiger partial charge in [-0.3, -0.25) is 0 Å². The molecule has 3 aromatic rings. The van der Waals surface area contributed by atoms with Crippen LogP contribution in [-0.2, 0) is 0 Å². The summed E-state index contributed by atoms with van der Waals surface area (Å²) in [5.74, 6) is 0.720. The number of nitrogen functional groups attached to an aromatic ring is 1. The van der Waals surface area contributed by atoms with Gasteiger partial charge in [0.25, 0.3) is 0 Å². The smallest absolute Gasteiger partial charge is 0.146 e. The number of phenols is 1. The van der Waals surface area contributed by atoms with Gasteiger partial charge in [0.05, 0.1) is 5.39 Å². The summed E-state index contributed by atoms with van der Waals surface area (Å²) < 4.78 is 2.17. The molecular weight excluding hydrogens is 252 g/mol. The fraction of sp³-hybridized carbons (Fsp3) is 0.200. The quantitative estimate of drug-likeness (QED) is 0.747. The van der Waals surface area contributed by atoms with E-state index in [9.17, 15) is 5.11 Å². The molecule has 1 aromatic carbocycles. The normalized spacial score (nSPS) is 14.8. The summed E-state index contributed by atoms with van der Waals surface area (Å²) >= 11 is 0. The summed E-state index contributed by atoms with van der Waals surface area (Å²) in [5.41, 5.74) is 8.81. The lowest BCUT2D eigenvalue weighted by atomic mass is 10.1. The first-order valence-corrected chi connectivity index (χ1v) is 6.64. The molecule has 1 fully saturated rings. The SMILES string of the molecule is Nc1ncnc2c1c(-c1cccc(O)c1)cn2C1CC1. The van der Waals surface area contributed by atoms with Gasteiger partial charge in [0, 0.05) is 17.8 Å². The third kappa shape index (κ3) is 1.63. The summed E-state index contributed by atoms with van der Waals surface area (Å²) in [6.07, 6.45) is 5.92. The highest BCUT2D eigenvalue weighted by atomic mass is 16.3. The van der Waals surface area contributed by atoms with Crippen molar-refractivity contribution in [2.45, 2.75) is 18.9 Å². The van der Waals surface area contributed by atoms with Crippen molar-refractivity contribution in [3.05, 3.63) is 36.8 Å². The molecule has 0 saturated heterocycles. The van der Waals surface area contributed by atoms with E-state index in [1.165, 1.54) is 19.2 Å². The van der Waals surface area contributed by atoms with Crippen molar-refractivity contribution in [2.75, 3.05) is 5.73 Å². The average molecular weight is 266 g/mol. The summed E-state index contributed by atoms with van der Waals surface area (Å²) in [6.45, 7) is 0. The van der Waals surface area contributed by atoms with Gasteiger partial charge >= 0.3 is 0 Å². The van der Waals surface area contributed by atoms with Gasteiger partial charge in [0.15, 0.2) is 0 Å². The molecule has 0 aliphatic heterocycles. The van der Waals surface area contributed by atoms with Crippen LogP contribution in [0.3, 0.4) is 0 Å². The number of fused-ring (bicyclic) bond motifs is 1. The van der Waals surface area contributed by atoms with E-state index in [0.29, 0.717) is 11.9 Å². The van der Waals surface area contributed by atoms with Crippen molar-refractivity contribution in [3.63, 3.8) is 0 Å². The molecule has 100 valence electrons. The second-order valence-electron chi connectivity index (χ2n) is 5.19. The van der Waals surface area contributed by atoms with Crippen LogP contribution in [0.4, 0.5) is 5.82 Å². The van der Waals surface area contributed by atoms with Crippen LogP contribution < -0.4 is 5.73 Å². The number of benzene rings is 1. The van der Waals surface area contributed by atoms with Crippen LogP contribution in [0.25, 0.3) is 22.2 Å². The van der Waals surface area contributed by atoms with Gasteiger partial charge < -0.3 is 15.4 Å². The molecule has 2 heterocycles. The molecule has 1 aliphatic rings. The average Bonchev–Trinajstić information content (AvgIpc) is 3.20. The molecule has 5 heteroatoms. The predicted octanol–water partition coefficient (Wildman–Crippen LogP) is 2.72. The fourth-order valence-corrected chi connectivity index (χ4v) is 2.63. The van der Waals surface area contributed by atoms with Crippen LogP contribution in [-0.4, -0.2) is 19.6 Å². The highest BCUT2D eigenvalue weighted by Gasteiger charge is 2.27. The summed E-state index contributed by atoms with van der Waals surface area (Å²) in [5, 5.41) is 10.5. The van der Waals surface area contributed by atoms with Gasteiger partial charge in [0.2, 0.25) is 0 Å². The van der Waals surface area contributed by atoms with Crippen LogP contribution in [0, 0.1) is 0 Å². The van der Waals surface area contributed by atoms with Crippen molar-refractivity contribution in [3.8, 4) is 16.9 Å². The lowest BCUT2D eigenvalue weighted by Gasteiger charge is -2.01. The van der Waals surface area contributed by atoms with Crippen molar-refractivity contribution < 1.29 is 5.11 Å². The zero-order chi connectivity index (χ0) is 13.7. The standard InChI is InChI=1S/C15H14N4O/c16-14-13-12(9-2-1-3-11(20)6-9)7-19(10-4-5-10)15(13)18-8-17-14/h1-3,6-8,10,20H,4-5H2,(H2,16,17,18). The lowest BCUT2D eigenvalue weighted by Crippen LogP contribution is -1.96. The lowest BCUT2D eigenvalue weighted by molar-refractivity contribution is 0.475. The topological polar surface area (TPSA) is 77.0 Å². The molecule has 1 aliphatic carbocycles. The van der Waals surface area contributed by atoms with E-state index in [4.69, 9.17) is 5.73 Å². The Morgan fingerprint density at radius 1 is 1.25 bits per heavy atom. The van der Waals surface area contributed by atoms with E-state index in [1.807, 2.05) is 12.1 Å². The van der Waals surface area contributed by atoms with Crippen LogP contribution in [0.2, 0.25) is 0 Å². The zero-order valence-corrected chi connectivity index (χ0v) is 10.8. The second-order valence-corrected chi connectivity index (χ2v) is 5.19. The molecule has 3 N–H and O–H groups in total. The van der Waals surface area contributed by atoms with E-state index < -0.39 is 0 Å². The first-order valence-electron chi connectivity index (χ1n) is 6.64. The van der Waals surface area contributed by atoms with Crippen LogP contribution in [0.5, 0.6) is 5.75 Å². The first-order chi connectivity index (χ1) is 9.74. The molecule has 5 nitrogen and oxygen atoms in total. The van der Waals surface area contributed by atoms with Gasteiger partial charge in [-0.15, -0.1) is 0 Å². The molecule has 0 atom stereocenters. The van der Waals surface area contributed by atoms with E-state index in [1.54, 1.807) is 12.1 Å². The minimum atomic E-state index is 0.241. The molecular formula is C15H14N4O. The molecule has 1 saturated carbocycles. The van der Waals surface area contributed by atoms with E-state index >= 15 is 0 Å². The van der Waals surface area contributed by atoms with Gasteiger partial charge in [-0.25, -0.2) is 9.97 Å². The Morgan fingerprint density at radius 2 is 2.10 bits per heavy atom.